The zero-order valence-corrected chi connectivity index (χ0v) is 10.7. The fourth-order valence-electron chi connectivity index (χ4n) is 2.20. The Balaban J connectivity index is 1.79. The molecule has 1 aromatic heterocycles. The first kappa shape index (κ1) is 13.0. The minimum absolute atomic E-state index is 0.187. The van der Waals surface area contributed by atoms with Gasteiger partial charge in [0, 0.05) is 18.3 Å². The zero-order valence-electron chi connectivity index (χ0n) is 10.7. The Morgan fingerprint density at radius 1 is 1.44 bits per heavy atom. The van der Waals surface area contributed by atoms with Gasteiger partial charge < -0.3 is 9.47 Å². The maximum absolute atomic E-state index is 11.3. The average molecular weight is 249 g/mol. The highest BCUT2D eigenvalue weighted by molar-refractivity contribution is 5.70. The van der Waals surface area contributed by atoms with Gasteiger partial charge in [-0.1, -0.05) is 6.07 Å². The normalized spacial score (nSPS) is 16.9. The molecule has 18 heavy (non-hydrogen) atoms. The van der Waals surface area contributed by atoms with E-state index in [9.17, 15) is 4.79 Å². The SMILES string of the molecule is COC(=O)CC1(OCCc2ccccn2)CCC1. The maximum atomic E-state index is 11.3. The molecule has 0 atom stereocenters. The van der Waals surface area contributed by atoms with Crippen LogP contribution in [0.2, 0.25) is 0 Å². The van der Waals surface area contributed by atoms with Crippen LogP contribution in [0.1, 0.15) is 31.4 Å². The van der Waals surface area contributed by atoms with Gasteiger partial charge in [-0.15, -0.1) is 0 Å². The molecule has 0 aliphatic heterocycles. The summed E-state index contributed by atoms with van der Waals surface area (Å²) in [6.45, 7) is 0.605. The molecule has 0 saturated heterocycles. The summed E-state index contributed by atoms with van der Waals surface area (Å²) in [4.78, 5) is 15.6. The van der Waals surface area contributed by atoms with Crippen LogP contribution in [0.15, 0.2) is 24.4 Å². The van der Waals surface area contributed by atoms with Gasteiger partial charge in [0.2, 0.25) is 0 Å². The smallest absolute Gasteiger partial charge is 0.308 e. The van der Waals surface area contributed by atoms with Crippen molar-refractivity contribution in [1.82, 2.24) is 4.98 Å². The van der Waals surface area contributed by atoms with E-state index < -0.39 is 0 Å². The molecule has 0 spiro atoms. The van der Waals surface area contributed by atoms with E-state index >= 15 is 0 Å². The first-order chi connectivity index (χ1) is 8.74. The Morgan fingerprint density at radius 2 is 2.28 bits per heavy atom. The second-order valence-electron chi connectivity index (χ2n) is 4.71. The molecule has 0 amide bonds. The number of aromatic nitrogens is 1. The van der Waals surface area contributed by atoms with Crippen LogP contribution in [-0.4, -0.2) is 30.3 Å². The number of carbonyl (C=O) groups excluding carboxylic acids is 1. The fraction of sp³-hybridized carbons (Fsp3) is 0.571. The van der Waals surface area contributed by atoms with Crippen LogP contribution in [0.25, 0.3) is 0 Å². The largest absolute Gasteiger partial charge is 0.469 e. The third-order valence-electron chi connectivity index (χ3n) is 3.45. The number of pyridine rings is 1. The van der Waals surface area contributed by atoms with Crippen LogP contribution >= 0.6 is 0 Å². The first-order valence-corrected chi connectivity index (χ1v) is 6.35. The number of hydrogen-bond donors (Lipinski definition) is 0. The molecule has 1 aliphatic carbocycles. The molecule has 1 aliphatic rings. The third kappa shape index (κ3) is 3.29. The van der Waals surface area contributed by atoms with E-state index in [4.69, 9.17) is 9.47 Å². The molecular formula is C14H19NO3. The topological polar surface area (TPSA) is 48.4 Å². The summed E-state index contributed by atoms with van der Waals surface area (Å²) in [5.41, 5.74) is 0.743. The maximum Gasteiger partial charge on any atom is 0.308 e. The molecule has 0 bridgehead atoms. The van der Waals surface area contributed by atoms with Crippen molar-refractivity contribution >= 4 is 5.97 Å². The molecule has 4 heteroatoms. The van der Waals surface area contributed by atoms with Crippen LogP contribution in [-0.2, 0) is 20.7 Å². The Morgan fingerprint density at radius 3 is 2.83 bits per heavy atom. The van der Waals surface area contributed by atoms with Gasteiger partial charge in [-0.05, 0) is 31.4 Å². The number of rotatable bonds is 6. The minimum Gasteiger partial charge on any atom is -0.469 e. The van der Waals surface area contributed by atoms with Gasteiger partial charge in [-0.2, -0.15) is 0 Å². The molecule has 1 aromatic rings. The number of esters is 1. The van der Waals surface area contributed by atoms with Crippen LogP contribution in [0.5, 0.6) is 0 Å². The highest BCUT2D eigenvalue weighted by Crippen LogP contribution is 2.38. The molecular weight excluding hydrogens is 230 g/mol. The molecule has 0 unspecified atom stereocenters. The zero-order chi connectivity index (χ0) is 12.8. The molecule has 1 saturated carbocycles. The summed E-state index contributed by atoms with van der Waals surface area (Å²) in [5, 5.41) is 0. The third-order valence-corrected chi connectivity index (χ3v) is 3.45. The van der Waals surface area contributed by atoms with Gasteiger partial charge in [0.25, 0.3) is 0 Å². The van der Waals surface area contributed by atoms with E-state index in [1.165, 1.54) is 7.11 Å². The van der Waals surface area contributed by atoms with Crippen LogP contribution in [0.3, 0.4) is 0 Å². The van der Waals surface area contributed by atoms with Crippen molar-refractivity contribution in [3.63, 3.8) is 0 Å². The number of hydrogen-bond acceptors (Lipinski definition) is 4. The second kappa shape index (κ2) is 5.96. The van der Waals surface area contributed by atoms with Crippen LogP contribution in [0.4, 0.5) is 0 Å². The Kier molecular flexibility index (Phi) is 4.31. The quantitative estimate of drug-likeness (QED) is 0.725. The van der Waals surface area contributed by atoms with Gasteiger partial charge in [-0.3, -0.25) is 9.78 Å². The Bertz CT molecular complexity index is 387. The molecule has 4 nitrogen and oxygen atoms in total. The van der Waals surface area contributed by atoms with Crippen molar-refractivity contribution in [1.29, 1.82) is 0 Å². The number of nitrogens with zero attached hydrogens (tertiary/aromatic N) is 1. The average Bonchev–Trinajstić information content (AvgIpc) is 2.36. The van der Waals surface area contributed by atoms with Gasteiger partial charge in [0.1, 0.15) is 0 Å². The molecule has 2 rings (SSSR count). The molecule has 1 heterocycles. The lowest BCUT2D eigenvalue weighted by Crippen LogP contribution is -2.42. The summed E-state index contributed by atoms with van der Waals surface area (Å²) in [6, 6.07) is 5.85. The summed E-state index contributed by atoms with van der Waals surface area (Å²) < 4.78 is 10.6. The summed E-state index contributed by atoms with van der Waals surface area (Å²) in [5.74, 6) is -0.187. The Hall–Kier alpha value is -1.42. The van der Waals surface area contributed by atoms with E-state index in [0.717, 1.165) is 31.4 Å². The monoisotopic (exact) mass is 249 g/mol. The van der Waals surface area contributed by atoms with Crippen molar-refractivity contribution in [2.75, 3.05) is 13.7 Å². The Labute approximate surface area is 107 Å². The van der Waals surface area contributed by atoms with Crippen LogP contribution < -0.4 is 0 Å². The van der Waals surface area contributed by atoms with Crippen LogP contribution in [0, 0.1) is 0 Å². The minimum atomic E-state index is -0.276. The van der Waals surface area contributed by atoms with E-state index in [-0.39, 0.29) is 11.6 Å². The van der Waals surface area contributed by atoms with E-state index in [1.807, 2.05) is 18.2 Å². The van der Waals surface area contributed by atoms with Gasteiger partial charge in [0.15, 0.2) is 0 Å². The summed E-state index contributed by atoms with van der Waals surface area (Å²) >= 11 is 0. The summed E-state index contributed by atoms with van der Waals surface area (Å²) in [6.07, 6.45) is 5.95. The molecule has 98 valence electrons. The van der Waals surface area contributed by atoms with E-state index in [0.29, 0.717) is 13.0 Å². The highest BCUT2D eigenvalue weighted by Gasteiger charge is 2.40. The molecule has 0 N–H and O–H groups in total. The van der Waals surface area contributed by atoms with Gasteiger partial charge >= 0.3 is 5.97 Å². The van der Waals surface area contributed by atoms with Crippen molar-refractivity contribution < 1.29 is 14.3 Å². The highest BCUT2D eigenvalue weighted by atomic mass is 16.5. The lowest BCUT2D eigenvalue weighted by Gasteiger charge is -2.40. The molecule has 0 aromatic carbocycles. The van der Waals surface area contributed by atoms with Crippen molar-refractivity contribution in [2.45, 2.75) is 37.7 Å². The standard InChI is InChI=1S/C14H19NO3/c1-17-13(16)11-14(7-4-8-14)18-10-6-12-5-2-3-9-15-12/h2-3,5,9H,4,6-8,10-11H2,1H3. The predicted molar refractivity (Wildman–Crippen MR) is 67.1 cm³/mol. The molecule has 1 fully saturated rings. The fourth-order valence-corrected chi connectivity index (χ4v) is 2.20. The molecule has 0 radical (unpaired) electrons. The van der Waals surface area contributed by atoms with Gasteiger partial charge in [-0.25, -0.2) is 0 Å². The number of methoxy groups -OCH3 is 1. The van der Waals surface area contributed by atoms with E-state index in [1.54, 1.807) is 6.20 Å². The number of carbonyl (C=O) groups is 1. The first-order valence-electron chi connectivity index (χ1n) is 6.35. The lowest BCUT2D eigenvalue weighted by atomic mass is 9.77. The lowest BCUT2D eigenvalue weighted by molar-refractivity contribution is -0.157. The van der Waals surface area contributed by atoms with E-state index in [2.05, 4.69) is 4.98 Å². The van der Waals surface area contributed by atoms with Crippen molar-refractivity contribution in [3.05, 3.63) is 30.1 Å². The predicted octanol–water partition coefficient (Wildman–Crippen LogP) is 2.13. The second-order valence-corrected chi connectivity index (χ2v) is 4.71. The summed E-state index contributed by atoms with van der Waals surface area (Å²) in [7, 11) is 1.42. The van der Waals surface area contributed by atoms with Crippen molar-refractivity contribution in [3.8, 4) is 0 Å². The number of ether oxygens (including phenoxy) is 2. The van der Waals surface area contributed by atoms with Gasteiger partial charge in [0.05, 0.1) is 25.7 Å². The van der Waals surface area contributed by atoms with Crippen molar-refractivity contribution in [2.24, 2.45) is 0 Å².